The van der Waals surface area contributed by atoms with Gasteiger partial charge >= 0.3 is 0 Å². The first-order chi connectivity index (χ1) is 12.1. The van der Waals surface area contributed by atoms with E-state index in [2.05, 4.69) is 13.8 Å². The Morgan fingerprint density at radius 2 is 1.26 bits per heavy atom. The Balaban J connectivity index is 3.41. The van der Waals surface area contributed by atoms with Gasteiger partial charge in [0.25, 0.3) is 0 Å². The molecule has 0 bridgehead atoms. The lowest BCUT2D eigenvalue weighted by atomic mass is 9.94. The Kier molecular flexibility index (Phi) is 7.36. The number of anilines is 2. The maximum atomic E-state index is 12.8. The molecule has 1 atom stereocenters. The summed E-state index contributed by atoms with van der Waals surface area (Å²) in [6.45, 7) is 20.0. The number of hydrogen-bond acceptors (Lipinski definition) is 5. The molecule has 1 aromatic carbocycles. The summed E-state index contributed by atoms with van der Waals surface area (Å²) in [6.07, 6.45) is 1.04. The van der Waals surface area contributed by atoms with Gasteiger partial charge in [0.1, 0.15) is 0 Å². The van der Waals surface area contributed by atoms with Crippen molar-refractivity contribution in [2.75, 3.05) is 16.7 Å². The van der Waals surface area contributed by atoms with Crippen molar-refractivity contribution in [2.24, 2.45) is 5.92 Å². The van der Waals surface area contributed by atoms with Gasteiger partial charge in [0.2, 0.25) is 0 Å². The number of nitrogens with zero attached hydrogens (tertiary/aromatic N) is 2. The smallest absolute Gasteiger partial charge is 0.0876 e. The van der Waals surface area contributed by atoms with E-state index in [0.717, 1.165) is 22.1 Å². The van der Waals surface area contributed by atoms with Crippen LogP contribution in [0.5, 0.6) is 0 Å². The summed E-state index contributed by atoms with van der Waals surface area (Å²) in [5.74, 6) is 0.447. The molecule has 0 amide bonds. The van der Waals surface area contributed by atoms with Gasteiger partial charge in [-0.05, 0) is 85.1 Å². The second-order valence-corrected chi connectivity index (χ2v) is 10.0. The molecule has 0 unspecified atom stereocenters. The Morgan fingerprint density at radius 1 is 0.852 bits per heavy atom. The van der Waals surface area contributed by atoms with Crippen molar-refractivity contribution in [1.82, 2.24) is 0 Å². The first-order valence-electron chi connectivity index (χ1n) is 9.84. The maximum absolute atomic E-state index is 12.8. The molecule has 1 aromatic rings. The standard InChI is InChI=1S/C22H38N2O3/c1-11-16(2)15-27-22(9,10)17-12-18(23(25)20(3,4)5)14-19(13-17)24(26)21(6,7)8/h12-14,16H,11,15H2,1-10H3/q-2/t16-/m0/s1. The van der Waals surface area contributed by atoms with Crippen molar-refractivity contribution in [3.63, 3.8) is 0 Å². The van der Waals surface area contributed by atoms with Gasteiger partial charge in [-0.25, -0.2) is 0 Å². The van der Waals surface area contributed by atoms with Gasteiger partial charge < -0.3 is 25.3 Å². The normalized spacial score (nSPS) is 14.2. The number of hydrogen-bond donors (Lipinski definition) is 0. The highest BCUT2D eigenvalue weighted by Gasteiger charge is 2.26. The molecule has 27 heavy (non-hydrogen) atoms. The van der Waals surface area contributed by atoms with Crippen LogP contribution in [-0.4, -0.2) is 17.7 Å². The molecule has 0 aliphatic heterocycles. The van der Waals surface area contributed by atoms with Crippen molar-refractivity contribution < 1.29 is 4.74 Å². The molecule has 0 heterocycles. The van der Waals surface area contributed by atoms with E-state index in [1.54, 1.807) is 6.07 Å². The van der Waals surface area contributed by atoms with Crippen molar-refractivity contribution in [1.29, 1.82) is 0 Å². The van der Waals surface area contributed by atoms with Crippen LogP contribution in [0.2, 0.25) is 0 Å². The van der Waals surface area contributed by atoms with Crippen molar-refractivity contribution in [2.45, 2.75) is 92.3 Å². The predicted molar refractivity (Wildman–Crippen MR) is 116 cm³/mol. The van der Waals surface area contributed by atoms with Crippen LogP contribution in [0.1, 0.15) is 81.2 Å². The number of hydroxylamine groups is 2. The minimum Gasteiger partial charge on any atom is -0.758 e. The van der Waals surface area contributed by atoms with Crippen LogP contribution in [0.4, 0.5) is 11.4 Å². The number of benzene rings is 1. The highest BCUT2D eigenvalue weighted by atomic mass is 16.5. The molecule has 0 N–H and O–H groups in total. The fourth-order valence-corrected chi connectivity index (χ4v) is 2.50. The molecular formula is C22H38N2O3-2. The quantitative estimate of drug-likeness (QED) is 0.529. The molecule has 0 spiro atoms. The zero-order chi connectivity index (χ0) is 21.2. The first kappa shape index (κ1) is 23.7. The van der Waals surface area contributed by atoms with Crippen molar-refractivity contribution in [3.05, 3.63) is 34.2 Å². The van der Waals surface area contributed by atoms with Gasteiger partial charge in [-0.1, -0.05) is 20.3 Å². The molecule has 0 aromatic heterocycles. The monoisotopic (exact) mass is 378 g/mol. The Morgan fingerprint density at radius 3 is 1.59 bits per heavy atom. The molecule has 0 fully saturated rings. The van der Waals surface area contributed by atoms with Crippen LogP contribution in [0, 0.1) is 16.3 Å². The van der Waals surface area contributed by atoms with Gasteiger partial charge in [0, 0.05) is 22.5 Å². The molecule has 0 saturated heterocycles. The van der Waals surface area contributed by atoms with Gasteiger partial charge in [0.15, 0.2) is 0 Å². The summed E-state index contributed by atoms with van der Waals surface area (Å²) in [5, 5.41) is 27.6. The van der Waals surface area contributed by atoms with E-state index in [1.807, 2.05) is 67.5 Å². The summed E-state index contributed by atoms with van der Waals surface area (Å²) in [7, 11) is 0. The van der Waals surface area contributed by atoms with Crippen molar-refractivity contribution in [3.8, 4) is 0 Å². The largest absolute Gasteiger partial charge is 0.758 e. The maximum Gasteiger partial charge on any atom is 0.0876 e. The topological polar surface area (TPSA) is 61.8 Å². The molecule has 156 valence electrons. The SMILES string of the molecule is CC[C@H](C)COC(C)(C)c1cc(N([O-])C(C)(C)C)cc(N([O-])C(C)(C)C)c1. The Labute approximate surface area is 165 Å². The summed E-state index contributed by atoms with van der Waals surface area (Å²) in [6, 6.07) is 5.36. The Bertz CT molecular complexity index is 577. The minimum atomic E-state index is -0.606. The van der Waals surface area contributed by atoms with Crippen LogP contribution in [0.15, 0.2) is 18.2 Å². The second kappa shape index (κ2) is 8.38. The molecule has 0 aliphatic carbocycles. The van der Waals surface area contributed by atoms with Gasteiger partial charge in [-0.3, -0.25) is 0 Å². The Hall–Kier alpha value is -1.30. The van der Waals surface area contributed by atoms with Crippen molar-refractivity contribution >= 4 is 11.4 Å². The van der Waals surface area contributed by atoms with E-state index < -0.39 is 16.7 Å². The zero-order valence-electron chi connectivity index (χ0n) is 18.8. The summed E-state index contributed by atoms with van der Waals surface area (Å²) >= 11 is 0. The van der Waals surface area contributed by atoms with E-state index in [9.17, 15) is 10.4 Å². The third-order valence-electron chi connectivity index (χ3n) is 4.71. The van der Waals surface area contributed by atoms with Crippen LogP contribution in [0.25, 0.3) is 0 Å². The third kappa shape index (κ3) is 6.37. The van der Waals surface area contributed by atoms with Gasteiger partial charge in [-0.2, -0.15) is 0 Å². The minimum absolute atomic E-state index is 0.447. The average molecular weight is 379 g/mol. The lowest BCUT2D eigenvalue weighted by Crippen LogP contribution is -2.39. The molecular weight excluding hydrogens is 340 g/mol. The van der Waals surface area contributed by atoms with E-state index in [-0.39, 0.29) is 0 Å². The highest BCUT2D eigenvalue weighted by molar-refractivity contribution is 5.65. The second-order valence-electron chi connectivity index (χ2n) is 10.0. The molecule has 5 heteroatoms. The zero-order valence-corrected chi connectivity index (χ0v) is 18.8. The fraction of sp³-hybridized carbons (Fsp3) is 0.727. The van der Waals surface area contributed by atoms with Gasteiger partial charge in [-0.15, -0.1) is 0 Å². The first-order valence-corrected chi connectivity index (χ1v) is 9.84. The molecule has 0 saturated carbocycles. The van der Waals surface area contributed by atoms with Crippen LogP contribution in [-0.2, 0) is 10.3 Å². The summed E-state index contributed by atoms with van der Waals surface area (Å²) < 4.78 is 6.17. The van der Waals surface area contributed by atoms with Crippen LogP contribution in [0.3, 0.4) is 0 Å². The molecule has 0 aliphatic rings. The average Bonchev–Trinajstić information content (AvgIpc) is 2.56. The van der Waals surface area contributed by atoms with E-state index in [0.29, 0.717) is 23.9 Å². The lowest BCUT2D eigenvalue weighted by Gasteiger charge is -2.47. The number of ether oxygens (including phenoxy) is 1. The van der Waals surface area contributed by atoms with Crippen LogP contribution >= 0.6 is 0 Å². The molecule has 1 rings (SSSR count). The highest BCUT2D eigenvalue weighted by Crippen LogP contribution is 2.36. The number of rotatable bonds is 7. The van der Waals surface area contributed by atoms with E-state index >= 15 is 0 Å². The van der Waals surface area contributed by atoms with E-state index in [4.69, 9.17) is 4.74 Å². The summed E-state index contributed by atoms with van der Waals surface area (Å²) in [5.41, 5.74) is -0.0414. The summed E-state index contributed by atoms with van der Waals surface area (Å²) in [4.78, 5) is 0. The fourth-order valence-electron chi connectivity index (χ4n) is 2.50. The molecule has 5 nitrogen and oxygen atoms in total. The van der Waals surface area contributed by atoms with Gasteiger partial charge in [0.05, 0.1) is 12.2 Å². The lowest BCUT2D eigenvalue weighted by molar-refractivity contribution is -0.0375. The predicted octanol–water partition coefficient (Wildman–Crippen LogP) is 6.19. The van der Waals surface area contributed by atoms with Crippen LogP contribution < -0.4 is 10.1 Å². The third-order valence-corrected chi connectivity index (χ3v) is 4.71. The van der Waals surface area contributed by atoms with E-state index in [1.165, 1.54) is 0 Å². The molecule has 0 radical (unpaired) electrons.